The first-order valence-corrected chi connectivity index (χ1v) is 7.46. The number of aliphatic hydroxyl groups is 2. The lowest BCUT2D eigenvalue weighted by Crippen LogP contribution is -2.52. The van der Waals surface area contributed by atoms with Gasteiger partial charge in [-0.05, 0) is 25.7 Å². The summed E-state index contributed by atoms with van der Waals surface area (Å²) in [5, 5.41) is 22.8. The maximum Gasteiger partial charge on any atom is 0.329 e. The molecule has 22 heavy (non-hydrogen) atoms. The SMILES string of the molecule is O=C(NNCCO)NC1CCC(NC(=O)NNCCO)CC1. The van der Waals surface area contributed by atoms with Crippen molar-refractivity contribution in [3.8, 4) is 0 Å². The van der Waals surface area contributed by atoms with Crippen LogP contribution in [0.1, 0.15) is 25.7 Å². The van der Waals surface area contributed by atoms with E-state index in [-0.39, 0.29) is 37.4 Å². The van der Waals surface area contributed by atoms with Crippen LogP contribution in [-0.2, 0) is 0 Å². The molecule has 10 nitrogen and oxygen atoms in total. The molecule has 0 radical (unpaired) electrons. The van der Waals surface area contributed by atoms with Crippen molar-refractivity contribution in [1.29, 1.82) is 0 Å². The summed E-state index contributed by atoms with van der Waals surface area (Å²) in [6.07, 6.45) is 3.12. The molecular formula is C12H26N6O4. The zero-order valence-corrected chi connectivity index (χ0v) is 12.5. The first-order valence-electron chi connectivity index (χ1n) is 7.46. The van der Waals surface area contributed by atoms with Crippen molar-refractivity contribution in [1.82, 2.24) is 32.3 Å². The zero-order valence-electron chi connectivity index (χ0n) is 12.5. The van der Waals surface area contributed by atoms with Gasteiger partial charge in [-0.25, -0.2) is 20.4 Å². The molecule has 1 fully saturated rings. The van der Waals surface area contributed by atoms with E-state index >= 15 is 0 Å². The summed E-state index contributed by atoms with van der Waals surface area (Å²) < 4.78 is 0. The number of rotatable bonds is 8. The Labute approximate surface area is 129 Å². The molecule has 1 aliphatic rings. The van der Waals surface area contributed by atoms with Crippen molar-refractivity contribution >= 4 is 12.1 Å². The summed E-state index contributed by atoms with van der Waals surface area (Å²) in [6, 6.07) is -0.499. The molecule has 0 aromatic heterocycles. The smallest absolute Gasteiger partial charge is 0.329 e. The van der Waals surface area contributed by atoms with E-state index in [0.717, 1.165) is 25.7 Å². The Morgan fingerprint density at radius 1 is 0.773 bits per heavy atom. The van der Waals surface area contributed by atoms with E-state index < -0.39 is 0 Å². The van der Waals surface area contributed by atoms with Crippen molar-refractivity contribution in [2.45, 2.75) is 37.8 Å². The van der Waals surface area contributed by atoms with Gasteiger partial charge in [0.25, 0.3) is 0 Å². The first kappa shape index (κ1) is 18.4. The van der Waals surface area contributed by atoms with Crippen LogP contribution in [-0.4, -0.2) is 60.7 Å². The predicted octanol–water partition coefficient (Wildman–Crippen LogP) is -2.11. The van der Waals surface area contributed by atoms with Gasteiger partial charge < -0.3 is 20.8 Å². The molecule has 0 spiro atoms. The molecule has 0 atom stereocenters. The second-order valence-electron chi connectivity index (χ2n) is 5.05. The van der Waals surface area contributed by atoms with E-state index in [1.54, 1.807) is 0 Å². The van der Waals surface area contributed by atoms with Crippen molar-refractivity contribution in [2.75, 3.05) is 26.3 Å². The van der Waals surface area contributed by atoms with Crippen LogP contribution in [0, 0.1) is 0 Å². The average molecular weight is 318 g/mol. The van der Waals surface area contributed by atoms with Gasteiger partial charge in [0, 0.05) is 25.2 Å². The molecule has 0 aliphatic heterocycles. The minimum atomic E-state index is -0.323. The standard InChI is InChI=1S/C12H26N6O4/c19-7-5-13-17-11(21)15-9-1-2-10(4-3-9)16-12(22)18-14-6-8-20/h9-10,13-14,19-20H,1-8H2,(H2,15,17,21)(H2,16,18,22). The number of carbonyl (C=O) groups is 2. The molecule has 0 bridgehead atoms. The number of hydrazine groups is 2. The quantitative estimate of drug-likeness (QED) is 0.190. The van der Waals surface area contributed by atoms with Gasteiger partial charge in [0.05, 0.1) is 13.2 Å². The highest BCUT2D eigenvalue weighted by Gasteiger charge is 2.23. The fourth-order valence-corrected chi connectivity index (χ4v) is 2.22. The summed E-state index contributed by atoms with van der Waals surface area (Å²) >= 11 is 0. The van der Waals surface area contributed by atoms with Gasteiger partial charge in [-0.2, -0.15) is 0 Å². The zero-order chi connectivity index (χ0) is 16.2. The number of nitrogens with one attached hydrogen (secondary N) is 6. The van der Waals surface area contributed by atoms with Crippen molar-refractivity contribution in [3.05, 3.63) is 0 Å². The largest absolute Gasteiger partial charge is 0.395 e. The molecule has 0 aromatic carbocycles. The molecule has 0 unspecified atom stereocenters. The summed E-state index contributed by atoms with van der Waals surface area (Å²) in [4.78, 5) is 23.0. The minimum Gasteiger partial charge on any atom is -0.395 e. The van der Waals surface area contributed by atoms with E-state index in [9.17, 15) is 9.59 Å². The van der Waals surface area contributed by atoms with Crippen molar-refractivity contribution in [2.24, 2.45) is 0 Å². The Morgan fingerprint density at radius 2 is 1.14 bits per heavy atom. The van der Waals surface area contributed by atoms with Gasteiger partial charge in [-0.1, -0.05) is 0 Å². The lowest BCUT2D eigenvalue weighted by Gasteiger charge is -2.29. The molecule has 4 amide bonds. The molecule has 128 valence electrons. The lowest BCUT2D eigenvalue weighted by molar-refractivity contribution is 0.214. The predicted molar refractivity (Wildman–Crippen MR) is 79.6 cm³/mol. The summed E-state index contributed by atoms with van der Waals surface area (Å²) in [6.45, 7) is 0.492. The molecule has 1 saturated carbocycles. The maximum absolute atomic E-state index is 11.5. The monoisotopic (exact) mass is 318 g/mol. The van der Waals surface area contributed by atoms with E-state index in [4.69, 9.17) is 10.2 Å². The van der Waals surface area contributed by atoms with Crippen LogP contribution in [0.2, 0.25) is 0 Å². The topological polar surface area (TPSA) is 147 Å². The summed E-state index contributed by atoms with van der Waals surface area (Å²) in [5.74, 6) is 0. The van der Waals surface area contributed by atoms with Crippen LogP contribution in [0.15, 0.2) is 0 Å². The van der Waals surface area contributed by atoms with Crippen LogP contribution in [0.3, 0.4) is 0 Å². The van der Waals surface area contributed by atoms with Gasteiger partial charge in [0.1, 0.15) is 0 Å². The second-order valence-corrected chi connectivity index (χ2v) is 5.05. The Hall–Kier alpha value is -1.62. The highest BCUT2D eigenvalue weighted by atomic mass is 16.3. The van der Waals surface area contributed by atoms with Crippen LogP contribution in [0.5, 0.6) is 0 Å². The van der Waals surface area contributed by atoms with Crippen LogP contribution in [0.4, 0.5) is 9.59 Å². The van der Waals surface area contributed by atoms with E-state index in [1.807, 2.05) is 0 Å². The van der Waals surface area contributed by atoms with Gasteiger partial charge in [0.15, 0.2) is 0 Å². The van der Waals surface area contributed by atoms with E-state index in [2.05, 4.69) is 32.3 Å². The molecule has 0 heterocycles. The fraction of sp³-hybridized carbons (Fsp3) is 0.833. The minimum absolute atomic E-state index is 0.0493. The van der Waals surface area contributed by atoms with Gasteiger partial charge >= 0.3 is 12.1 Å². The Bertz CT molecular complexity index is 304. The Kier molecular flexibility index (Phi) is 9.23. The normalized spacial score (nSPS) is 21.0. The van der Waals surface area contributed by atoms with Gasteiger partial charge in [-0.15, -0.1) is 0 Å². The summed E-state index contributed by atoms with van der Waals surface area (Å²) in [5.41, 5.74) is 10.0. The highest BCUT2D eigenvalue weighted by Crippen LogP contribution is 2.18. The maximum atomic E-state index is 11.5. The number of carbonyl (C=O) groups excluding carboxylic acids is 2. The Morgan fingerprint density at radius 3 is 1.45 bits per heavy atom. The van der Waals surface area contributed by atoms with Crippen LogP contribution in [0.25, 0.3) is 0 Å². The van der Waals surface area contributed by atoms with Gasteiger partial charge in [-0.3, -0.25) is 10.9 Å². The van der Waals surface area contributed by atoms with E-state index in [0.29, 0.717) is 13.1 Å². The second kappa shape index (κ2) is 11.0. The molecule has 0 aromatic rings. The third kappa shape index (κ3) is 7.98. The number of hydrogen-bond acceptors (Lipinski definition) is 6. The fourth-order valence-electron chi connectivity index (χ4n) is 2.22. The van der Waals surface area contributed by atoms with Crippen LogP contribution < -0.4 is 32.3 Å². The first-order chi connectivity index (χ1) is 10.7. The third-order valence-electron chi connectivity index (χ3n) is 3.28. The number of amides is 4. The molecule has 0 saturated heterocycles. The third-order valence-corrected chi connectivity index (χ3v) is 3.28. The molecule has 8 N–H and O–H groups in total. The Balaban J connectivity index is 2.12. The highest BCUT2D eigenvalue weighted by molar-refractivity contribution is 5.74. The van der Waals surface area contributed by atoms with Crippen molar-refractivity contribution in [3.63, 3.8) is 0 Å². The van der Waals surface area contributed by atoms with Gasteiger partial charge in [0.2, 0.25) is 0 Å². The summed E-state index contributed by atoms with van der Waals surface area (Å²) in [7, 11) is 0. The average Bonchev–Trinajstić information content (AvgIpc) is 2.50. The molecular weight excluding hydrogens is 292 g/mol. The molecule has 10 heteroatoms. The number of urea groups is 2. The lowest BCUT2D eigenvalue weighted by atomic mass is 9.91. The van der Waals surface area contributed by atoms with Crippen molar-refractivity contribution < 1.29 is 19.8 Å². The number of hydrogen-bond donors (Lipinski definition) is 8. The molecule has 1 rings (SSSR count). The van der Waals surface area contributed by atoms with Crippen LogP contribution >= 0.6 is 0 Å². The molecule has 1 aliphatic carbocycles. The van der Waals surface area contributed by atoms with E-state index in [1.165, 1.54) is 0 Å². The number of aliphatic hydroxyl groups excluding tert-OH is 2.